The Morgan fingerprint density at radius 1 is 1.33 bits per heavy atom. The van der Waals surface area contributed by atoms with E-state index in [2.05, 4.69) is 47.1 Å². The summed E-state index contributed by atoms with van der Waals surface area (Å²) >= 11 is 0. The van der Waals surface area contributed by atoms with E-state index in [1.165, 1.54) is 11.3 Å². The van der Waals surface area contributed by atoms with Gasteiger partial charge in [0, 0.05) is 18.4 Å². The van der Waals surface area contributed by atoms with Crippen LogP contribution in [0, 0.1) is 6.92 Å². The number of para-hydroxylation sites is 1. The molecule has 0 amide bonds. The summed E-state index contributed by atoms with van der Waals surface area (Å²) in [5.74, 6) is 1.01. The van der Waals surface area contributed by atoms with E-state index in [9.17, 15) is 5.11 Å². The van der Waals surface area contributed by atoms with Crippen molar-refractivity contribution in [2.75, 3.05) is 11.4 Å². The Balaban J connectivity index is 1.98. The standard InChI is InChI=1S/C18H22N2O/c1-3-17(21)15-11-13(2)18(19-12-15)20-10-6-8-14-7-4-5-9-16(14)20/h4-5,7,9,11-12,17,21H,3,6,8,10H2,1-2H3/t17-/m1/s1. The molecule has 0 radical (unpaired) electrons. The lowest BCUT2D eigenvalue weighted by Crippen LogP contribution is -2.26. The van der Waals surface area contributed by atoms with Crippen LogP contribution in [0.2, 0.25) is 0 Å². The average molecular weight is 282 g/mol. The fourth-order valence-corrected chi connectivity index (χ4v) is 3.04. The third kappa shape index (κ3) is 2.66. The highest BCUT2D eigenvalue weighted by Crippen LogP contribution is 2.34. The molecule has 1 aromatic carbocycles. The van der Waals surface area contributed by atoms with Gasteiger partial charge in [-0.3, -0.25) is 0 Å². The van der Waals surface area contributed by atoms with Crippen molar-refractivity contribution in [3.63, 3.8) is 0 Å². The molecule has 1 aliphatic heterocycles. The normalized spacial score (nSPS) is 15.7. The van der Waals surface area contributed by atoms with Crippen molar-refractivity contribution in [2.24, 2.45) is 0 Å². The molecule has 0 aliphatic carbocycles. The largest absolute Gasteiger partial charge is 0.388 e. The van der Waals surface area contributed by atoms with Crippen molar-refractivity contribution < 1.29 is 5.11 Å². The third-order valence-electron chi connectivity index (χ3n) is 4.21. The Labute approximate surface area is 126 Å². The smallest absolute Gasteiger partial charge is 0.135 e. The van der Waals surface area contributed by atoms with E-state index in [4.69, 9.17) is 0 Å². The molecule has 3 heteroatoms. The Kier molecular flexibility index (Phi) is 3.93. The fraction of sp³-hybridized carbons (Fsp3) is 0.389. The van der Waals surface area contributed by atoms with Crippen molar-refractivity contribution in [3.05, 3.63) is 53.2 Å². The predicted molar refractivity (Wildman–Crippen MR) is 86.0 cm³/mol. The minimum atomic E-state index is -0.418. The van der Waals surface area contributed by atoms with Gasteiger partial charge in [-0.1, -0.05) is 25.1 Å². The van der Waals surface area contributed by atoms with Gasteiger partial charge >= 0.3 is 0 Å². The van der Waals surface area contributed by atoms with Crippen molar-refractivity contribution in [3.8, 4) is 0 Å². The van der Waals surface area contributed by atoms with Gasteiger partial charge in [-0.2, -0.15) is 0 Å². The first kappa shape index (κ1) is 14.1. The van der Waals surface area contributed by atoms with Gasteiger partial charge in [0.2, 0.25) is 0 Å². The zero-order valence-corrected chi connectivity index (χ0v) is 12.7. The first-order valence-corrected chi connectivity index (χ1v) is 7.70. The molecule has 1 N–H and O–H groups in total. The molecule has 110 valence electrons. The van der Waals surface area contributed by atoms with Gasteiger partial charge in [-0.25, -0.2) is 4.98 Å². The minimum Gasteiger partial charge on any atom is -0.388 e. The molecule has 21 heavy (non-hydrogen) atoms. The number of rotatable bonds is 3. The van der Waals surface area contributed by atoms with Gasteiger partial charge in [0.25, 0.3) is 0 Å². The van der Waals surface area contributed by atoms with E-state index in [0.717, 1.165) is 36.3 Å². The maximum Gasteiger partial charge on any atom is 0.135 e. The minimum absolute atomic E-state index is 0.418. The summed E-state index contributed by atoms with van der Waals surface area (Å²) in [6, 6.07) is 10.6. The summed E-state index contributed by atoms with van der Waals surface area (Å²) in [5, 5.41) is 9.96. The summed E-state index contributed by atoms with van der Waals surface area (Å²) in [4.78, 5) is 6.94. The van der Waals surface area contributed by atoms with Crippen molar-refractivity contribution in [1.82, 2.24) is 4.98 Å². The molecule has 0 bridgehead atoms. The van der Waals surface area contributed by atoms with Gasteiger partial charge in [0.1, 0.15) is 5.82 Å². The maximum atomic E-state index is 9.96. The highest BCUT2D eigenvalue weighted by atomic mass is 16.3. The molecular weight excluding hydrogens is 260 g/mol. The lowest BCUT2D eigenvalue weighted by atomic mass is 10.0. The van der Waals surface area contributed by atoms with E-state index in [1.807, 2.05) is 13.1 Å². The van der Waals surface area contributed by atoms with E-state index in [1.54, 1.807) is 0 Å². The van der Waals surface area contributed by atoms with Crippen LogP contribution in [0.5, 0.6) is 0 Å². The molecule has 3 rings (SSSR count). The van der Waals surface area contributed by atoms with Crippen LogP contribution in [0.25, 0.3) is 0 Å². The first-order valence-electron chi connectivity index (χ1n) is 7.70. The second-order valence-electron chi connectivity index (χ2n) is 5.72. The molecule has 2 heterocycles. The van der Waals surface area contributed by atoms with Crippen molar-refractivity contribution >= 4 is 11.5 Å². The first-order chi connectivity index (χ1) is 10.2. The number of fused-ring (bicyclic) bond motifs is 1. The van der Waals surface area contributed by atoms with E-state index in [0.29, 0.717) is 6.42 Å². The monoisotopic (exact) mass is 282 g/mol. The molecule has 3 nitrogen and oxygen atoms in total. The van der Waals surface area contributed by atoms with Crippen molar-refractivity contribution in [1.29, 1.82) is 0 Å². The predicted octanol–water partition coefficient (Wildman–Crippen LogP) is 3.92. The molecule has 1 atom stereocenters. The van der Waals surface area contributed by atoms with Crippen LogP contribution in [0.15, 0.2) is 36.5 Å². The van der Waals surface area contributed by atoms with Crippen LogP contribution in [0.3, 0.4) is 0 Å². The molecular formula is C18H22N2O. The SMILES string of the molecule is CC[C@@H](O)c1cnc(N2CCCc3ccccc32)c(C)c1. The average Bonchev–Trinajstić information content (AvgIpc) is 2.53. The Bertz CT molecular complexity index is 639. The van der Waals surface area contributed by atoms with E-state index < -0.39 is 6.10 Å². The Morgan fingerprint density at radius 3 is 2.90 bits per heavy atom. The zero-order chi connectivity index (χ0) is 14.8. The summed E-state index contributed by atoms with van der Waals surface area (Å²) < 4.78 is 0. The lowest BCUT2D eigenvalue weighted by molar-refractivity contribution is 0.173. The molecule has 1 aliphatic rings. The molecule has 0 unspecified atom stereocenters. The molecule has 0 saturated heterocycles. The van der Waals surface area contributed by atoms with Crippen LogP contribution in [0.4, 0.5) is 11.5 Å². The highest BCUT2D eigenvalue weighted by molar-refractivity contribution is 5.67. The number of nitrogens with zero attached hydrogens (tertiary/aromatic N) is 2. The second kappa shape index (κ2) is 5.86. The molecule has 0 fully saturated rings. The number of aromatic nitrogens is 1. The Hall–Kier alpha value is -1.87. The van der Waals surface area contributed by atoms with Crippen LogP contribution in [-0.4, -0.2) is 16.6 Å². The van der Waals surface area contributed by atoms with Crippen LogP contribution >= 0.6 is 0 Å². The fourth-order valence-electron chi connectivity index (χ4n) is 3.04. The quantitative estimate of drug-likeness (QED) is 0.927. The summed E-state index contributed by atoms with van der Waals surface area (Å²) in [6.45, 7) is 5.06. The molecule has 2 aromatic rings. The number of pyridine rings is 1. The van der Waals surface area contributed by atoms with Gasteiger partial charge < -0.3 is 10.0 Å². The number of anilines is 2. The number of benzene rings is 1. The van der Waals surface area contributed by atoms with Crippen LogP contribution in [-0.2, 0) is 6.42 Å². The number of aryl methyl sites for hydroxylation is 2. The molecule has 1 aromatic heterocycles. The van der Waals surface area contributed by atoms with Gasteiger partial charge in [0.15, 0.2) is 0 Å². The van der Waals surface area contributed by atoms with E-state index in [-0.39, 0.29) is 0 Å². The lowest BCUT2D eigenvalue weighted by Gasteiger charge is -2.31. The second-order valence-corrected chi connectivity index (χ2v) is 5.72. The Morgan fingerprint density at radius 2 is 2.14 bits per heavy atom. The summed E-state index contributed by atoms with van der Waals surface area (Å²) in [6.07, 6.45) is 4.40. The number of hydrogen-bond acceptors (Lipinski definition) is 3. The maximum absolute atomic E-state index is 9.96. The summed E-state index contributed by atoms with van der Waals surface area (Å²) in [5.41, 5.74) is 4.69. The zero-order valence-electron chi connectivity index (χ0n) is 12.7. The number of hydrogen-bond donors (Lipinski definition) is 1. The summed E-state index contributed by atoms with van der Waals surface area (Å²) in [7, 11) is 0. The number of aliphatic hydroxyl groups is 1. The van der Waals surface area contributed by atoms with Gasteiger partial charge in [-0.05, 0) is 55.0 Å². The number of aliphatic hydroxyl groups excluding tert-OH is 1. The van der Waals surface area contributed by atoms with Gasteiger partial charge in [0.05, 0.1) is 6.10 Å². The molecule has 0 spiro atoms. The van der Waals surface area contributed by atoms with Gasteiger partial charge in [-0.15, -0.1) is 0 Å². The third-order valence-corrected chi connectivity index (χ3v) is 4.21. The highest BCUT2D eigenvalue weighted by Gasteiger charge is 2.20. The van der Waals surface area contributed by atoms with Crippen molar-refractivity contribution in [2.45, 2.75) is 39.2 Å². The van der Waals surface area contributed by atoms with E-state index >= 15 is 0 Å². The molecule has 0 saturated carbocycles. The van der Waals surface area contributed by atoms with Crippen LogP contribution < -0.4 is 4.90 Å². The topological polar surface area (TPSA) is 36.4 Å². The van der Waals surface area contributed by atoms with Crippen LogP contribution in [0.1, 0.15) is 42.6 Å².